The van der Waals surface area contributed by atoms with Crippen molar-refractivity contribution in [2.45, 2.75) is 44.8 Å². The summed E-state index contributed by atoms with van der Waals surface area (Å²) < 4.78 is 11.4. The molecule has 1 atom stereocenters. The van der Waals surface area contributed by atoms with Crippen molar-refractivity contribution in [3.8, 4) is 11.5 Å². The number of carbonyl (C=O) groups excluding carboxylic acids is 1. The van der Waals surface area contributed by atoms with Gasteiger partial charge in [0.1, 0.15) is 12.7 Å². The lowest BCUT2D eigenvalue weighted by atomic mass is 10.1. The van der Waals surface area contributed by atoms with E-state index in [-0.39, 0.29) is 12.5 Å². The number of ether oxygens (including phenoxy) is 2. The van der Waals surface area contributed by atoms with Crippen LogP contribution in [-0.2, 0) is 11.3 Å². The lowest BCUT2D eigenvalue weighted by Crippen LogP contribution is -2.47. The molecule has 0 saturated carbocycles. The standard InChI is InChI=1S/C22H35N3O4/c1-28-21-13-18(14-25-12-9-23-22(27)16-25)7-8-20(21)29-17-19(26)15-24-10-5-3-2-4-6-11-24/h7-8,13,19,26H,2-6,9-12,14-17H2,1H3,(H,23,27). The van der Waals surface area contributed by atoms with Crippen LogP contribution >= 0.6 is 0 Å². The van der Waals surface area contributed by atoms with Gasteiger partial charge >= 0.3 is 0 Å². The Bertz CT molecular complexity index is 647. The van der Waals surface area contributed by atoms with Crippen molar-refractivity contribution in [3.63, 3.8) is 0 Å². The third-order valence-electron chi connectivity index (χ3n) is 5.60. The molecule has 1 aromatic rings. The minimum absolute atomic E-state index is 0.0668. The molecule has 7 nitrogen and oxygen atoms in total. The minimum atomic E-state index is -0.523. The number of aliphatic hydroxyl groups excluding tert-OH is 1. The number of carbonyl (C=O) groups is 1. The van der Waals surface area contributed by atoms with Gasteiger partial charge in [-0.1, -0.05) is 25.3 Å². The Morgan fingerprint density at radius 3 is 2.55 bits per heavy atom. The molecule has 1 unspecified atom stereocenters. The fraction of sp³-hybridized carbons (Fsp3) is 0.682. The van der Waals surface area contributed by atoms with E-state index in [2.05, 4.69) is 15.1 Å². The van der Waals surface area contributed by atoms with Crippen LogP contribution in [0.3, 0.4) is 0 Å². The summed E-state index contributed by atoms with van der Waals surface area (Å²) in [7, 11) is 1.62. The van der Waals surface area contributed by atoms with Crippen molar-refractivity contribution >= 4 is 5.91 Å². The summed E-state index contributed by atoms with van der Waals surface area (Å²) in [5, 5.41) is 13.3. The van der Waals surface area contributed by atoms with Gasteiger partial charge in [-0.15, -0.1) is 0 Å². The third kappa shape index (κ3) is 7.17. The molecule has 0 aliphatic carbocycles. The Kier molecular flexibility index (Phi) is 8.58. The number of rotatable bonds is 8. The average molecular weight is 406 g/mol. The summed E-state index contributed by atoms with van der Waals surface area (Å²) >= 11 is 0. The van der Waals surface area contributed by atoms with Crippen LogP contribution in [0.15, 0.2) is 18.2 Å². The van der Waals surface area contributed by atoms with E-state index >= 15 is 0 Å². The molecule has 0 aromatic heterocycles. The zero-order valence-corrected chi connectivity index (χ0v) is 17.6. The largest absolute Gasteiger partial charge is 0.493 e. The fourth-order valence-corrected chi connectivity index (χ4v) is 4.05. The van der Waals surface area contributed by atoms with Gasteiger partial charge in [-0.25, -0.2) is 0 Å². The van der Waals surface area contributed by atoms with Gasteiger partial charge in [0.25, 0.3) is 0 Å². The SMILES string of the molecule is COc1cc(CN2CCNC(=O)C2)ccc1OCC(O)CN1CCCCCCC1. The first-order valence-corrected chi connectivity index (χ1v) is 10.8. The van der Waals surface area contributed by atoms with Crippen LogP contribution in [0.25, 0.3) is 0 Å². The van der Waals surface area contributed by atoms with Gasteiger partial charge in [-0.05, 0) is 43.6 Å². The van der Waals surface area contributed by atoms with E-state index in [1.54, 1.807) is 7.11 Å². The molecule has 2 fully saturated rings. The van der Waals surface area contributed by atoms with Crippen LogP contribution in [0.5, 0.6) is 11.5 Å². The maximum absolute atomic E-state index is 11.5. The summed E-state index contributed by atoms with van der Waals surface area (Å²) in [4.78, 5) is 16.0. The molecule has 1 amide bonds. The number of aliphatic hydroxyl groups is 1. The number of nitrogens with one attached hydrogen (secondary N) is 1. The molecule has 0 radical (unpaired) electrons. The van der Waals surface area contributed by atoms with Gasteiger partial charge in [0, 0.05) is 26.2 Å². The topological polar surface area (TPSA) is 74.3 Å². The normalized spacial score (nSPS) is 20.4. The number of hydrogen-bond acceptors (Lipinski definition) is 6. The van der Waals surface area contributed by atoms with Crippen molar-refractivity contribution in [1.29, 1.82) is 0 Å². The molecule has 2 heterocycles. The molecular weight excluding hydrogens is 370 g/mol. The average Bonchev–Trinajstić information content (AvgIpc) is 2.69. The van der Waals surface area contributed by atoms with E-state index in [4.69, 9.17) is 9.47 Å². The van der Waals surface area contributed by atoms with E-state index < -0.39 is 6.10 Å². The van der Waals surface area contributed by atoms with E-state index in [0.717, 1.165) is 25.2 Å². The molecular formula is C22H35N3O4. The second kappa shape index (κ2) is 11.4. The minimum Gasteiger partial charge on any atom is -0.493 e. The second-order valence-electron chi connectivity index (χ2n) is 8.08. The molecule has 162 valence electrons. The van der Waals surface area contributed by atoms with E-state index in [1.807, 2.05) is 18.2 Å². The Morgan fingerprint density at radius 2 is 1.83 bits per heavy atom. The molecule has 2 N–H and O–H groups in total. The van der Waals surface area contributed by atoms with Gasteiger partial charge in [0.15, 0.2) is 11.5 Å². The smallest absolute Gasteiger partial charge is 0.234 e. The van der Waals surface area contributed by atoms with Crippen molar-refractivity contribution in [2.24, 2.45) is 0 Å². The lowest BCUT2D eigenvalue weighted by Gasteiger charge is -2.27. The van der Waals surface area contributed by atoms with Crippen molar-refractivity contribution in [2.75, 3.05) is 53.0 Å². The highest BCUT2D eigenvalue weighted by Crippen LogP contribution is 2.29. The van der Waals surface area contributed by atoms with Crippen LogP contribution in [-0.4, -0.2) is 79.9 Å². The summed E-state index contributed by atoms with van der Waals surface area (Å²) in [6.45, 7) is 5.66. The second-order valence-corrected chi connectivity index (χ2v) is 8.08. The number of amides is 1. The molecule has 0 spiro atoms. The summed E-state index contributed by atoms with van der Waals surface area (Å²) in [5.74, 6) is 1.36. The molecule has 2 saturated heterocycles. The number of nitrogens with zero attached hydrogens (tertiary/aromatic N) is 2. The van der Waals surface area contributed by atoms with Crippen molar-refractivity contribution in [3.05, 3.63) is 23.8 Å². The maximum atomic E-state index is 11.5. The molecule has 1 aromatic carbocycles. The van der Waals surface area contributed by atoms with Crippen LogP contribution in [0, 0.1) is 0 Å². The lowest BCUT2D eigenvalue weighted by molar-refractivity contribution is -0.124. The molecule has 7 heteroatoms. The van der Waals surface area contributed by atoms with Crippen molar-refractivity contribution < 1.29 is 19.4 Å². The van der Waals surface area contributed by atoms with Crippen LogP contribution in [0.2, 0.25) is 0 Å². The number of β-amino-alcohol motifs (C(OH)–C–C–N with tert-alkyl or cyclic N) is 1. The van der Waals surface area contributed by atoms with Gasteiger partial charge in [0.2, 0.25) is 5.91 Å². The number of methoxy groups -OCH3 is 1. The highest BCUT2D eigenvalue weighted by Gasteiger charge is 2.18. The highest BCUT2D eigenvalue weighted by molar-refractivity contribution is 5.78. The van der Waals surface area contributed by atoms with Crippen molar-refractivity contribution in [1.82, 2.24) is 15.1 Å². The zero-order valence-electron chi connectivity index (χ0n) is 17.6. The van der Waals surface area contributed by atoms with E-state index in [1.165, 1.54) is 32.1 Å². The number of piperazine rings is 1. The van der Waals surface area contributed by atoms with Crippen LogP contribution in [0.4, 0.5) is 0 Å². The Labute approximate surface area is 174 Å². The monoisotopic (exact) mass is 405 g/mol. The first-order chi connectivity index (χ1) is 14.1. The maximum Gasteiger partial charge on any atom is 0.234 e. The first kappa shape index (κ1) is 21.9. The predicted molar refractivity (Wildman–Crippen MR) is 112 cm³/mol. The van der Waals surface area contributed by atoms with Gasteiger partial charge in [-0.2, -0.15) is 0 Å². The van der Waals surface area contributed by atoms with Gasteiger partial charge < -0.3 is 24.8 Å². The Balaban J connectivity index is 1.49. The molecule has 29 heavy (non-hydrogen) atoms. The van der Waals surface area contributed by atoms with Crippen LogP contribution in [0.1, 0.15) is 37.7 Å². The molecule has 2 aliphatic heterocycles. The first-order valence-electron chi connectivity index (χ1n) is 10.8. The number of likely N-dealkylation sites (tertiary alicyclic amines) is 1. The summed E-state index contributed by atoms with van der Waals surface area (Å²) in [6, 6.07) is 5.84. The van der Waals surface area contributed by atoms with E-state index in [0.29, 0.717) is 37.7 Å². The van der Waals surface area contributed by atoms with Crippen LogP contribution < -0.4 is 14.8 Å². The Hall–Kier alpha value is -1.83. The zero-order chi connectivity index (χ0) is 20.5. The molecule has 2 aliphatic rings. The number of benzene rings is 1. The molecule has 0 bridgehead atoms. The quantitative estimate of drug-likeness (QED) is 0.685. The number of hydrogen-bond donors (Lipinski definition) is 2. The van der Waals surface area contributed by atoms with Gasteiger partial charge in [-0.3, -0.25) is 9.69 Å². The molecule has 3 rings (SSSR count). The van der Waals surface area contributed by atoms with E-state index in [9.17, 15) is 9.90 Å². The predicted octanol–water partition coefficient (Wildman–Crippen LogP) is 1.63. The summed E-state index contributed by atoms with van der Waals surface area (Å²) in [5.41, 5.74) is 1.07. The highest BCUT2D eigenvalue weighted by atomic mass is 16.5. The third-order valence-corrected chi connectivity index (χ3v) is 5.60. The fourth-order valence-electron chi connectivity index (χ4n) is 4.05. The summed E-state index contributed by atoms with van der Waals surface area (Å²) in [6.07, 6.45) is 5.80. The van der Waals surface area contributed by atoms with Gasteiger partial charge in [0.05, 0.1) is 13.7 Å². The Morgan fingerprint density at radius 1 is 1.07 bits per heavy atom.